The van der Waals surface area contributed by atoms with E-state index in [4.69, 9.17) is 9.47 Å². The molecule has 2 aliphatic heterocycles. The number of hydrogen-bond donors (Lipinski definition) is 2. The van der Waals surface area contributed by atoms with Crippen LogP contribution in [-0.4, -0.2) is 42.3 Å². The van der Waals surface area contributed by atoms with Gasteiger partial charge < -0.3 is 20.1 Å². The van der Waals surface area contributed by atoms with Crippen LogP contribution in [-0.2, 0) is 12.8 Å². The molecule has 0 saturated heterocycles. The fraction of sp³-hybridized carbons (Fsp3) is 0.412. The standard InChI is InChI=1S/C17H20N4O2/c1-2-4-16-15(3-1)22-10-12(23-16)9-19-17-13-5-7-18-8-6-14(13)20-11-21-17/h1-4,11-12,18H,5-10H2,(H,19,20,21)/t12-/m1/s1. The number of aromatic nitrogens is 2. The van der Waals surface area contributed by atoms with Crippen LogP contribution in [0.2, 0.25) is 0 Å². The van der Waals surface area contributed by atoms with E-state index in [1.165, 1.54) is 5.56 Å². The van der Waals surface area contributed by atoms with E-state index in [2.05, 4.69) is 20.6 Å². The SMILES string of the molecule is c1ccc2c(c1)OC[C@@H](CNc1ncnc3c1CCNCC3)O2. The number of anilines is 1. The van der Waals surface area contributed by atoms with Crippen LogP contribution in [0.25, 0.3) is 0 Å². The van der Waals surface area contributed by atoms with Crippen LogP contribution < -0.4 is 20.1 Å². The van der Waals surface area contributed by atoms with E-state index in [-0.39, 0.29) is 6.10 Å². The van der Waals surface area contributed by atoms with Crippen molar-refractivity contribution in [3.63, 3.8) is 0 Å². The maximum Gasteiger partial charge on any atom is 0.161 e. The van der Waals surface area contributed by atoms with Crippen LogP contribution in [0.1, 0.15) is 11.3 Å². The Labute approximate surface area is 135 Å². The third-order valence-corrected chi connectivity index (χ3v) is 4.19. The lowest BCUT2D eigenvalue weighted by molar-refractivity contribution is 0.0997. The average Bonchev–Trinajstić information content (AvgIpc) is 2.85. The van der Waals surface area contributed by atoms with Crippen LogP contribution in [0, 0.1) is 0 Å². The monoisotopic (exact) mass is 312 g/mol. The first-order valence-electron chi connectivity index (χ1n) is 8.06. The van der Waals surface area contributed by atoms with E-state index in [0.717, 1.165) is 48.9 Å². The molecule has 0 saturated carbocycles. The summed E-state index contributed by atoms with van der Waals surface area (Å²) in [6.45, 7) is 3.13. The number of ether oxygens (including phenoxy) is 2. The van der Waals surface area contributed by atoms with Gasteiger partial charge in [-0.1, -0.05) is 12.1 Å². The van der Waals surface area contributed by atoms with Crippen molar-refractivity contribution in [3.05, 3.63) is 41.9 Å². The zero-order valence-electron chi connectivity index (χ0n) is 12.9. The molecule has 6 heteroatoms. The molecule has 3 heterocycles. The molecule has 1 atom stereocenters. The smallest absolute Gasteiger partial charge is 0.161 e. The first kappa shape index (κ1) is 14.3. The topological polar surface area (TPSA) is 68.3 Å². The molecule has 0 unspecified atom stereocenters. The van der Waals surface area contributed by atoms with Gasteiger partial charge in [0.05, 0.1) is 12.2 Å². The Balaban J connectivity index is 1.44. The van der Waals surface area contributed by atoms with Crippen LogP contribution >= 0.6 is 0 Å². The lowest BCUT2D eigenvalue weighted by Gasteiger charge is -2.27. The molecular weight excluding hydrogens is 292 g/mol. The van der Waals surface area contributed by atoms with Gasteiger partial charge in [-0.2, -0.15) is 0 Å². The molecule has 1 aromatic heterocycles. The van der Waals surface area contributed by atoms with Crippen molar-refractivity contribution in [2.75, 3.05) is 31.6 Å². The Kier molecular flexibility index (Phi) is 3.98. The quantitative estimate of drug-likeness (QED) is 0.893. The first-order valence-corrected chi connectivity index (χ1v) is 8.06. The molecule has 120 valence electrons. The summed E-state index contributed by atoms with van der Waals surface area (Å²) in [5.74, 6) is 2.53. The Bertz CT molecular complexity index is 692. The third-order valence-electron chi connectivity index (χ3n) is 4.19. The minimum atomic E-state index is -0.0283. The second-order valence-corrected chi connectivity index (χ2v) is 5.78. The van der Waals surface area contributed by atoms with Crippen LogP contribution in [0.5, 0.6) is 11.5 Å². The van der Waals surface area contributed by atoms with Gasteiger partial charge in [0.1, 0.15) is 24.9 Å². The van der Waals surface area contributed by atoms with Gasteiger partial charge in [-0.05, 0) is 25.1 Å². The van der Waals surface area contributed by atoms with Gasteiger partial charge in [-0.15, -0.1) is 0 Å². The van der Waals surface area contributed by atoms with Crippen molar-refractivity contribution < 1.29 is 9.47 Å². The molecule has 1 aromatic carbocycles. The molecule has 2 aliphatic rings. The Morgan fingerprint density at radius 3 is 2.96 bits per heavy atom. The fourth-order valence-electron chi connectivity index (χ4n) is 3.00. The van der Waals surface area contributed by atoms with Gasteiger partial charge in [0, 0.05) is 18.5 Å². The highest BCUT2D eigenvalue weighted by molar-refractivity contribution is 5.47. The molecule has 0 aliphatic carbocycles. The first-order chi connectivity index (χ1) is 11.4. The van der Waals surface area contributed by atoms with E-state index in [1.807, 2.05) is 24.3 Å². The van der Waals surface area contributed by atoms with Crippen molar-refractivity contribution in [1.29, 1.82) is 0 Å². The van der Waals surface area contributed by atoms with Gasteiger partial charge in [-0.25, -0.2) is 9.97 Å². The van der Waals surface area contributed by atoms with Crippen LogP contribution in [0.4, 0.5) is 5.82 Å². The summed E-state index contributed by atoms with van der Waals surface area (Å²) < 4.78 is 11.7. The summed E-state index contributed by atoms with van der Waals surface area (Å²) >= 11 is 0. The normalized spacial score (nSPS) is 19.6. The van der Waals surface area contributed by atoms with Crippen molar-refractivity contribution in [2.24, 2.45) is 0 Å². The molecule has 0 radical (unpaired) electrons. The zero-order chi connectivity index (χ0) is 15.5. The van der Waals surface area contributed by atoms with Gasteiger partial charge >= 0.3 is 0 Å². The van der Waals surface area contributed by atoms with Crippen LogP contribution in [0.15, 0.2) is 30.6 Å². The molecule has 0 spiro atoms. The number of fused-ring (bicyclic) bond motifs is 2. The highest BCUT2D eigenvalue weighted by Gasteiger charge is 2.21. The van der Waals surface area contributed by atoms with E-state index in [0.29, 0.717) is 13.2 Å². The Morgan fingerprint density at radius 2 is 2.00 bits per heavy atom. The molecule has 0 bridgehead atoms. The average molecular weight is 312 g/mol. The molecule has 0 fully saturated rings. The number of nitrogens with one attached hydrogen (secondary N) is 2. The van der Waals surface area contributed by atoms with Crippen molar-refractivity contribution in [2.45, 2.75) is 18.9 Å². The van der Waals surface area contributed by atoms with E-state index >= 15 is 0 Å². The van der Waals surface area contributed by atoms with Crippen molar-refractivity contribution >= 4 is 5.82 Å². The van der Waals surface area contributed by atoms with Crippen molar-refractivity contribution in [3.8, 4) is 11.5 Å². The van der Waals surface area contributed by atoms with Gasteiger partial charge in [0.15, 0.2) is 11.5 Å². The number of para-hydroxylation sites is 2. The maximum atomic E-state index is 5.98. The number of nitrogens with zero attached hydrogens (tertiary/aromatic N) is 2. The van der Waals surface area contributed by atoms with E-state index in [9.17, 15) is 0 Å². The number of benzene rings is 1. The largest absolute Gasteiger partial charge is 0.486 e. The van der Waals surface area contributed by atoms with E-state index < -0.39 is 0 Å². The summed E-state index contributed by atoms with van der Waals surface area (Å²) in [6, 6.07) is 7.76. The second kappa shape index (κ2) is 6.42. The summed E-state index contributed by atoms with van der Waals surface area (Å²) in [5, 5.41) is 6.81. The number of hydrogen-bond acceptors (Lipinski definition) is 6. The van der Waals surface area contributed by atoms with Gasteiger partial charge in [0.2, 0.25) is 0 Å². The van der Waals surface area contributed by atoms with Crippen LogP contribution in [0.3, 0.4) is 0 Å². The lowest BCUT2D eigenvalue weighted by Crippen LogP contribution is -2.35. The van der Waals surface area contributed by atoms with Crippen molar-refractivity contribution in [1.82, 2.24) is 15.3 Å². The lowest BCUT2D eigenvalue weighted by atomic mass is 10.1. The molecular formula is C17H20N4O2. The molecule has 0 amide bonds. The predicted molar refractivity (Wildman–Crippen MR) is 87.2 cm³/mol. The Hall–Kier alpha value is -2.34. The molecule has 6 nitrogen and oxygen atoms in total. The summed E-state index contributed by atoms with van der Waals surface area (Å²) in [4.78, 5) is 8.83. The predicted octanol–water partition coefficient (Wildman–Crippen LogP) is 1.42. The Morgan fingerprint density at radius 1 is 1.13 bits per heavy atom. The molecule has 4 rings (SSSR count). The highest BCUT2D eigenvalue weighted by atomic mass is 16.6. The molecule has 2 aromatic rings. The molecule has 2 N–H and O–H groups in total. The molecule has 23 heavy (non-hydrogen) atoms. The summed E-state index contributed by atoms with van der Waals surface area (Å²) in [7, 11) is 0. The highest BCUT2D eigenvalue weighted by Crippen LogP contribution is 2.31. The van der Waals surface area contributed by atoms with Gasteiger partial charge in [-0.3, -0.25) is 0 Å². The second-order valence-electron chi connectivity index (χ2n) is 5.78. The summed E-state index contributed by atoms with van der Waals surface area (Å²) in [6.07, 6.45) is 3.51. The fourth-order valence-corrected chi connectivity index (χ4v) is 3.00. The minimum Gasteiger partial charge on any atom is -0.486 e. The zero-order valence-corrected chi connectivity index (χ0v) is 12.9. The van der Waals surface area contributed by atoms with E-state index in [1.54, 1.807) is 6.33 Å². The number of rotatable bonds is 3. The summed E-state index contributed by atoms with van der Waals surface area (Å²) in [5.41, 5.74) is 2.35. The third kappa shape index (κ3) is 3.07. The minimum absolute atomic E-state index is 0.0283. The maximum absolute atomic E-state index is 5.98. The van der Waals surface area contributed by atoms with Gasteiger partial charge in [0.25, 0.3) is 0 Å².